The number of hydrogen-bond donors (Lipinski definition) is 0. The molecule has 1 saturated heterocycles. The van der Waals surface area contributed by atoms with Crippen molar-refractivity contribution in [3.05, 3.63) is 83.4 Å². The summed E-state index contributed by atoms with van der Waals surface area (Å²) in [6, 6.07) is 19.3. The molecule has 1 fully saturated rings. The minimum Gasteiger partial charge on any atom is -0.497 e. The number of hydrogen-bond acceptors (Lipinski definition) is 5. The van der Waals surface area contributed by atoms with E-state index >= 15 is 0 Å². The highest BCUT2D eigenvalue weighted by molar-refractivity contribution is 7.92. The van der Waals surface area contributed by atoms with Gasteiger partial charge in [-0.05, 0) is 79.6 Å². The van der Waals surface area contributed by atoms with Crippen LogP contribution in [0.3, 0.4) is 0 Å². The third-order valence-electron chi connectivity index (χ3n) is 6.68. The number of anilines is 2. The monoisotopic (exact) mass is 493 g/mol. The van der Waals surface area contributed by atoms with Crippen LogP contribution in [0, 0.1) is 13.8 Å². The van der Waals surface area contributed by atoms with Gasteiger partial charge in [-0.2, -0.15) is 0 Å². The number of ether oxygens (including phenoxy) is 1. The maximum absolute atomic E-state index is 13.1. The molecule has 184 valence electrons. The molecule has 1 amide bonds. The predicted molar refractivity (Wildman–Crippen MR) is 139 cm³/mol. The molecule has 0 saturated carbocycles. The van der Waals surface area contributed by atoms with Crippen LogP contribution in [0.2, 0.25) is 0 Å². The van der Waals surface area contributed by atoms with Gasteiger partial charge in [0, 0.05) is 44.5 Å². The van der Waals surface area contributed by atoms with E-state index in [-0.39, 0.29) is 10.8 Å². The highest BCUT2D eigenvalue weighted by atomic mass is 32.2. The predicted octanol–water partition coefficient (Wildman–Crippen LogP) is 4.10. The van der Waals surface area contributed by atoms with Crippen molar-refractivity contribution in [1.82, 2.24) is 4.90 Å². The van der Waals surface area contributed by atoms with E-state index in [2.05, 4.69) is 36.9 Å². The molecule has 35 heavy (non-hydrogen) atoms. The van der Waals surface area contributed by atoms with Crippen molar-refractivity contribution < 1.29 is 17.9 Å². The summed E-state index contributed by atoms with van der Waals surface area (Å²) in [6.45, 7) is 7.07. The van der Waals surface area contributed by atoms with Crippen LogP contribution in [0.25, 0.3) is 0 Å². The third-order valence-corrected chi connectivity index (χ3v) is 8.48. The molecule has 0 aromatic heterocycles. The van der Waals surface area contributed by atoms with Gasteiger partial charge in [-0.15, -0.1) is 0 Å². The Kier molecular flexibility index (Phi) is 7.03. The fraction of sp³-hybridized carbons (Fsp3) is 0.296. The first-order valence-electron chi connectivity index (χ1n) is 11.6. The van der Waals surface area contributed by atoms with Crippen molar-refractivity contribution in [3.8, 4) is 5.75 Å². The molecule has 7 nitrogen and oxygen atoms in total. The molecule has 0 radical (unpaired) electrons. The van der Waals surface area contributed by atoms with Crippen molar-refractivity contribution >= 4 is 27.3 Å². The first-order valence-corrected chi connectivity index (χ1v) is 13.0. The lowest BCUT2D eigenvalue weighted by molar-refractivity contribution is 0.0747. The summed E-state index contributed by atoms with van der Waals surface area (Å²) in [5.74, 6) is 0.544. The van der Waals surface area contributed by atoms with Gasteiger partial charge in [0.05, 0.1) is 17.7 Å². The highest BCUT2D eigenvalue weighted by Crippen LogP contribution is 2.26. The second-order valence-electron chi connectivity index (χ2n) is 8.69. The zero-order chi connectivity index (χ0) is 25.2. The van der Waals surface area contributed by atoms with E-state index in [1.807, 2.05) is 4.90 Å². The zero-order valence-corrected chi connectivity index (χ0v) is 21.4. The molecule has 4 rings (SSSR count). The molecule has 0 atom stereocenters. The number of carbonyl (C=O) groups excluding carboxylic acids is 1. The van der Waals surface area contributed by atoms with Crippen molar-refractivity contribution in [1.29, 1.82) is 0 Å². The summed E-state index contributed by atoms with van der Waals surface area (Å²) in [6.07, 6.45) is 0. The number of rotatable bonds is 6. The van der Waals surface area contributed by atoms with Crippen LogP contribution < -0.4 is 13.9 Å². The molecule has 0 unspecified atom stereocenters. The number of piperazine rings is 1. The Hall–Kier alpha value is -3.52. The smallest absolute Gasteiger partial charge is 0.264 e. The Bertz CT molecular complexity index is 1300. The van der Waals surface area contributed by atoms with Crippen LogP contribution in [0.5, 0.6) is 5.75 Å². The maximum atomic E-state index is 13.1. The second-order valence-corrected chi connectivity index (χ2v) is 10.7. The molecule has 1 heterocycles. The number of carbonyl (C=O) groups is 1. The lowest BCUT2D eigenvalue weighted by Gasteiger charge is -2.37. The zero-order valence-electron chi connectivity index (χ0n) is 20.6. The van der Waals surface area contributed by atoms with Crippen molar-refractivity contribution in [2.75, 3.05) is 49.5 Å². The molecule has 0 N–H and O–H groups in total. The van der Waals surface area contributed by atoms with Gasteiger partial charge < -0.3 is 14.5 Å². The summed E-state index contributed by atoms with van der Waals surface area (Å²) in [7, 11) is -0.699. The van der Waals surface area contributed by atoms with Crippen LogP contribution in [-0.2, 0) is 10.0 Å². The van der Waals surface area contributed by atoms with Gasteiger partial charge in [0.15, 0.2) is 0 Å². The van der Waals surface area contributed by atoms with E-state index in [1.54, 1.807) is 36.4 Å². The SMILES string of the molecule is COc1ccc(S(=O)(=O)N(C)c2ccc(C(=O)N3CCN(c4cccc(C)c4C)CC3)cc2)cc1. The molecule has 3 aromatic rings. The quantitative estimate of drug-likeness (QED) is 0.517. The van der Waals surface area contributed by atoms with Crippen molar-refractivity contribution in [2.24, 2.45) is 0 Å². The molecular formula is C27H31N3O4S. The number of sulfonamides is 1. The van der Waals surface area contributed by atoms with Crippen molar-refractivity contribution in [2.45, 2.75) is 18.7 Å². The minimum atomic E-state index is -3.73. The van der Waals surface area contributed by atoms with Crippen LogP contribution in [0.4, 0.5) is 11.4 Å². The first-order chi connectivity index (χ1) is 16.7. The molecule has 8 heteroatoms. The van der Waals surface area contributed by atoms with Gasteiger partial charge in [0.1, 0.15) is 5.75 Å². The van der Waals surface area contributed by atoms with E-state index < -0.39 is 10.0 Å². The summed E-state index contributed by atoms with van der Waals surface area (Å²) in [5, 5.41) is 0. The topological polar surface area (TPSA) is 70.2 Å². The number of methoxy groups -OCH3 is 1. The maximum Gasteiger partial charge on any atom is 0.264 e. The van der Waals surface area contributed by atoms with Crippen LogP contribution in [0.1, 0.15) is 21.5 Å². The molecule has 0 aliphatic carbocycles. The van der Waals surface area contributed by atoms with Gasteiger partial charge in [-0.1, -0.05) is 12.1 Å². The van der Waals surface area contributed by atoms with Gasteiger partial charge in [-0.25, -0.2) is 8.42 Å². The normalized spacial score (nSPS) is 14.1. The summed E-state index contributed by atoms with van der Waals surface area (Å²) >= 11 is 0. The molecule has 0 spiro atoms. The summed E-state index contributed by atoms with van der Waals surface area (Å²) < 4.78 is 32.3. The summed E-state index contributed by atoms with van der Waals surface area (Å²) in [5.41, 5.74) is 4.79. The van der Waals surface area contributed by atoms with Gasteiger partial charge in [-0.3, -0.25) is 9.10 Å². The van der Waals surface area contributed by atoms with E-state index in [1.165, 1.54) is 47.4 Å². The Morgan fingerprint density at radius 2 is 1.51 bits per heavy atom. The first kappa shape index (κ1) is 24.6. The molecular weight excluding hydrogens is 462 g/mol. The Morgan fingerprint density at radius 3 is 2.11 bits per heavy atom. The van der Waals surface area contributed by atoms with Gasteiger partial charge >= 0.3 is 0 Å². The fourth-order valence-electron chi connectivity index (χ4n) is 4.27. The number of nitrogens with zero attached hydrogens (tertiary/aromatic N) is 3. The summed E-state index contributed by atoms with van der Waals surface area (Å²) in [4.78, 5) is 17.4. The minimum absolute atomic E-state index is 0.0437. The number of benzene rings is 3. The average molecular weight is 494 g/mol. The Balaban J connectivity index is 1.42. The molecule has 1 aliphatic heterocycles. The second kappa shape index (κ2) is 10.00. The Morgan fingerprint density at radius 1 is 0.886 bits per heavy atom. The fourth-order valence-corrected chi connectivity index (χ4v) is 5.47. The van der Waals surface area contributed by atoms with E-state index in [4.69, 9.17) is 4.74 Å². The van der Waals surface area contributed by atoms with Crippen LogP contribution in [0.15, 0.2) is 71.6 Å². The largest absolute Gasteiger partial charge is 0.497 e. The van der Waals surface area contributed by atoms with Crippen LogP contribution in [-0.4, -0.2) is 59.6 Å². The average Bonchev–Trinajstić information content (AvgIpc) is 2.89. The lowest BCUT2D eigenvalue weighted by atomic mass is 10.1. The Labute approximate surface area is 207 Å². The number of aryl methyl sites for hydroxylation is 1. The standard InChI is InChI=1S/C27H31N3O4S/c1-20-6-5-7-26(21(20)2)29-16-18-30(19-17-29)27(31)22-8-10-23(11-9-22)28(3)35(32,33)25-14-12-24(34-4)13-15-25/h5-15H,16-19H2,1-4H3. The highest BCUT2D eigenvalue weighted by Gasteiger charge is 2.25. The number of amides is 1. The van der Waals surface area contributed by atoms with E-state index in [9.17, 15) is 13.2 Å². The molecule has 0 bridgehead atoms. The van der Waals surface area contributed by atoms with E-state index in [0.29, 0.717) is 30.1 Å². The van der Waals surface area contributed by atoms with E-state index in [0.717, 1.165) is 13.1 Å². The lowest BCUT2D eigenvalue weighted by Crippen LogP contribution is -2.49. The van der Waals surface area contributed by atoms with Crippen molar-refractivity contribution in [3.63, 3.8) is 0 Å². The van der Waals surface area contributed by atoms with Crippen LogP contribution >= 0.6 is 0 Å². The molecule has 3 aromatic carbocycles. The third kappa shape index (κ3) is 4.98. The molecule has 1 aliphatic rings. The van der Waals surface area contributed by atoms with Gasteiger partial charge in [0.2, 0.25) is 0 Å². The van der Waals surface area contributed by atoms with Gasteiger partial charge in [0.25, 0.3) is 15.9 Å².